The molecule has 1 saturated heterocycles. The van der Waals surface area contributed by atoms with E-state index in [2.05, 4.69) is 44.3 Å². The Bertz CT molecular complexity index is 394. The molecule has 1 N–H and O–H groups in total. The molecule has 1 fully saturated rings. The fourth-order valence-electron chi connectivity index (χ4n) is 2.88. The van der Waals surface area contributed by atoms with E-state index < -0.39 is 0 Å². The first-order chi connectivity index (χ1) is 9.16. The highest BCUT2D eigenvalue weighted by Gasteiger charge is 2.12. The van der Waals surface area contributed by atoms with E-state index in [1.165, 1.54) is 36.9 Å². The van der Waals surface area contributed by atoms with Gasteiger partial charge in [-0.1, -0.05) is 26.3 Å². The SMILES string of the molecule is Cc1cc(OCC[C@H]2CCCCN2)ccc1C(C)C. The molecular formula is C17H27NO. The Morgan fingerprint density at radius 1 is 1.32 bits per heavy atom. The van der Waals surface area contributed by atoms with Crippen LogP contribution in [0, 0.1) is 6.92 Å². The summed E-state index contributed by atoms with van der Waals surface area (Å²) in [5.41, 5.74) is 2.75. The first kappa shape index (κ1) is 14.4. The summed E-state index contributed by atoms with van der Waals surface area (Å²) in [4.78, 5) is 0. The molecule has 0 aromatic heterocycles. The van der Waals surface area contributed by atoms with Gasteiger partial charge >= 0.3 is 0 Å². The molecule has 1 aliphatic heterocycles. The topological polar surface area (TPSA) is 21.3 Å². The molecule has 0 saturated carbocycles. The summed E-state index contributed by atoms with van der Waals surface area (Å²) >= 11 is 0. The highest BCUT2D eigenvalue weighted by Crippen LogP contribution is 2.23. The number of aryl methyl sites for hydroxylation is 1. The van der Waals surface area contributed by atoms with Crippen molar-refractivity contribution < 1.29 is 4.74 Å². The highest BCUT2D eigenvalue weighted by atomic mass is 16.5. The summed E-state index contributed by atoms with van der Waals surface area (Å²) in [6.07, 6.45) is 5.10. The van der Waals surface area contributed by atoms with Gasteiger partial charge in [0.15, 0.2) is 0 Å². The molecular weight excluding hydrogens is 234 g/mol. The van der Waals surface area contributed by atoms with Crippen molar-refractivity contribution >= 4 is 0 Å². The molecule has 2 heteroatoms. The zero-order valence-corrected chi connectivity index (χ0v) is 12.5. The van der Waals surface area contributed by atoms with E-state index in [4.69, 9.17) is 4.74 Å². The van der Waals surface area contributed by atoms with Gasteiger partial charge in [-0.25, -0.2) is 0 Å². The Hall–Kier alpha value is -1.02. The molecule has 0 radical (unpaired) electrons. The smallest absolute Gasteiger partial charge is 0.119 e. The lowest BCUT2D eigenvalue weighted by atomic mass is 9.98. The third-order valence-corrected chi connectivity index (χ3v) is 4.01. The Kier molecular flexibility index (Phi) is 5.26. The van der Waals surface area contributed by atoms with Crippen molar-refractivity contribution in [1.29, 1.82) is 0 Å². The van der Waals surface area contributed by atoms with Gasteiger partial charge in [0.2, 0.25) is 0 Å². The highest BCUT2D eigenvalue weighted by molar-refractivity contribution is 5.36. The molecule has 1 heterocycles. The number of hydrogen-bond donors (Lipinski definition) is 1. The van der Waals surface area contributed by atoms with Crippen LogP contribution in [0.5, 0.6) is 5.75 Å². The second kappa shape index (κ2) is 6.95. The summed E-state index contributed by atoms with van der Waals surface area (Å²) in [5, 5.41) is 3.56. The van der Waals surface area contributed by atoms with Crippen LogP contribution >= 0.6 is 0 Å². The lowest BCUT2D eigenvalue weighted by molar-refractivity contribution is 0.268. The minimum absolute atomic E-state index is 0.584. The second-order valence-corrected chi connectivity index (χ2v) is 5.96. The largest absolute Gasteiger partial charge is 0.494 e. The Balaban J connectivity index is 1.81. The average molecular weight is 261 g/mol. The number of hydrogen-bond acceptors (Lipinski definition) is 2. The van der Waals surface area contributed by atoms with E-state index in [-0.39, 0.29) is 0 Å². The first-order valence-electron chi connectivity index (χ1n) is 7.63. The third-order valence-electron chi connectivity index (χ3n) is 4.01. The van der Waals surface area contributed by atoms with Crippen LogP contribution in [0.3, 0.4) is 0 Å². The van der Waals surface area contributed by atoms with E-state index in [0.717, 1.165) is 18.8 Å². The van der Waals surface area contributed by atoms with Crippen LogP contribution in [-0.4, -0.2) is 19.2 Å². The molecule has 106 valence electrons. The van der Waals surface area contributed by atoms with Crippen LogP contribution in [0.25, 0.3) is 0 Å². The Morgan fingerprint density at radius 2 is 2.16 bits per heavy atom. The standard InChI is InChI=1S/C17H27NO/c1-13(2)17-8-7-16(12-14(17)3)19-11-9-15-6-4-5-10-18-15/h7-8,12-13,15,18H,4-6,9-11H2,1-3H3/t15-/m1/s1. The molecule has 0 unspecified atom stereocenters. The monoisotopic (exact) mass is 261 g/mol. The molecule has 0 bridgehead atoms. The summed E-state index contributed by atoms with van der Waals surface area (Å²) in [7, 11) is 0. The predicted octanol–water partition coefficient (Wildman–Crippen LogP) is 4.03. The molecule has 2 nitrogen and oxygen atoms in total. The maximum atomic E-state index is 5.88. The van der Waals surface area contributed by atoms with Crippen molar-refractivity contribution in [2.45, 2.75) is 58.4 Å². The summed E-state index contributed by atoms with van der Waals surface area (Å²) in [5.74, 6) is 1.60. The Morgan fingerprint density at radius 3 is 2.79 bits per heavy atom. The number of benzene rings is 1. The van der Waals surface area contributed by atoms with Gasteiger partial charge in [0.1, 0.15) is 5.75 Å². The van der Waals surface area contributed by atoms with Crippen LogP contribution in [0.2, 0.25) is 0 Å². The summed E-state index contributed by atoms with van der Waals surface area (Å²) in [6.45, 7) is 8.63. The van der Waals surface area contributed by atoms with Crippen LogP contribution in [0.1, 0.15) is 56.6 Å². The summed E-state index contributed by atoms with van der Waals surface area (Å²) < 4.78 is 5.88. The van der Waals surface area contributed by atoms with Gasteiger partial charge in [-0.15, -0.1) is 0 Å². The van der Waals surface area contributed by atoms with E-state index in [0.29, 0.717) is 12.0 Å². The zero-order chi connectivity index (χ0) is 13.7. The van der Waals surface area contributed by atoms with Gasteiger partial charge in [-0.3, -0.25) is 0 Å². The van der Waals surface area contributed by atoms with E-state index in [9.17, 15) is 0 Å². The van der Waals surface area contributed by atoms with Gasteiger partial charge in [0, 0.05) is 6.04 Å². The van der Waals surface area contributed by atoms with Gasteiger partial charge in [-0.2, -0.15) is 0 Å². The van der Waals surface area contributed by atoms with Crippen LogP contribution < -0.4 is 10.1 Å². The molecule has 0 amide bonds. The van der Waals surface area contributed by atoms with E-state index in [1.807, 2.05) is 0 Å². The minimum atomic E-state index is 0.584. The lowest BCUT2D eigenvalue weighted by Gasteiger charge is -2.23. The molecule has 0 spiro atoms. The van der Waals surface area contributed by atoms with Gasteiger partial charge in [0.25, 0.3) is 0 Å². The molecule has 2 rings (SSSR count). The van der Waals surface area contributed by atoms with E-state index in [1.54, 1.807) is 0 Å². The molecule has 1 atom stereocenters. The molecule has 1 aliphatic rings. The van der Waals surface area contributed by atoms with Crippen molar-refractivity contribution in [3.8, 4) is 5.75 Å². The maximum absolute atomic E-state index is 5.88. The fraction of sp³-hybridized carbons (Fsp3) is 0.647. The van der Waals surface area contributed by atoms with Crippen molar-refractivity contribution in [1.82, 2.24) is 5.32 Å². The number of ether oxygens (including phenoxy) is 1. The van der Waals surface area contributed by atoms with Crippen LogP contribution in [-0.2, 0) is 0 Å². The molecule has 19 heavy (non-hydrogen) atoms. The lowest BCUT2D eigenvalue weighted by Crippen LogP contribution is -2.35. The third kappa shape index (κ3) is 4.24. The van der Waals surface area contributed by atoms with Gasteiger partial charge in [0.05, 0.1) is 6.61 Å². The normalized spacial score (nSPS) is 19.7. The molecule has 0 aliphatic carbocycles. The number of nitrogens with one attached hydrogen (secondary N) is 1. The Labute approximate surface area is 117 Å². The minimum Gasteiger partial charge on any atom is -0.494 e. The van der Waals surface area contributed by atoms with E-state index >= 15 is 0 Å². The quantitative estimate of drug-likeness (QED) is 0.864. The molecule has 1 aromatic rings. The number of rotatable bonds is 5. The first-order valence-corrected chi connectivity index (χ1v) is 7.63. The molecule has 1 aromatic carbocycles. The fourth-order valence-corrected chi connectivity index (χ4v) is 2.88. The van der Waals surface area contributed by atoms with Crippen LogP contribution in [0.4, 0.5) is 0 Å². The maximum Gasteiger partial charge on any atom is 0.119 e. The predicted molar refractivity (Wildman–Crippen MR) is 81.0 cm³/mol. The zero-order valence-electron chi connectivity index (χ0n) is 12.5. The average Bonchev–Trinajstić information content (AvgIpc) is 2.39. The number of piperidine rings is 1. The van der Waals surface area contributed by atoms with Crippen molar-refractivity contribution in [3.63, 3.8) is 0 Å². The summed E-state index contributed by atoms with van der Waals surface area (Å²) in [6, 6.07) is 7.14. The van der Waals surface area contributed by atoms with Crippen LogP contribution in [0.15, 0.2) is 18.2 Å². The van der Waals surface area contributed by atoms with Crippen molar-refractivity contribution in [2.75, 3.05) is 13.2 Å². The van der Waals surface area contributed by atoms with Crippen molar-refractivity contribution in [2.24, 2.45) is 0 Å². The van der Waals surface area contributed by atoms with Crippen molar-refractivity contribution in [3.05, 3.63) is 29.3 Å². The second-order valence-electron chi connectivity index (χ2n) is 5.96. The van der Waals surface area contributed by atoms with Gasteiger partial charge < -0.3 is 10.1 Å². The van der Waals surface area contributed by atoms with Gasteiger partial charge in [-0.05, 0) is 61.9 Å².